The molecule has 2 N–H and O–H groups in total. The molecular weight excluding hydrogens is 352 g/mol. The lowest BCUT2D eigenvalue weighted by molar-refractivity contribution is 0.0950. The van der Waals surface area contributed by atoms with Gasteiger partial charge in [0.05, 0.1) is 17.4 Å². The Kier molecular flexibility index (Phi) is 5.06. The van der Waals surface area contributed by atoms with Crippen LogP contribution in [0.5, 0.6) is 0 Å². The van der Waals surface area contributed by atoms with Gasteiger partial charge >= 0.3 is 0 Å². The van der Waals surface area contributed by atoms with Crippen molar-refractivity contribution in [3.05, 3.63) is 96.6 Å². The predicted molar refractivity (Wildman–Crippen MR) is 106 cm³/mol. The van der Waals surface area contributed by atoms with E-state index in [1.807, 2.05) is 66.9 Å². The summed E-state index contributed by atoms with van der Waals surface area (Å²) in [6.07, 6.45) is 6.62. The van der Waals surface area contributed by atoms with Crippen LogP contribution >= 0.6 is 0 Å². The van der Waals surface area contributed by atoms with Gasteiger partial charge in [0.15, 0.2) is 0 Å². The summed E-state index contributed by atoms with van der Waals surface area (Å²) in [5, 5.41) is 10.3. The highest BCUT2D eigenvalue weighted by Gasteiger charge is 2.08. The highest BCUT2D eigenvalue weighted by atomic mass is 16.1. The van der Waals surface area contributed by atoms with E-state index in [1.54, 1.807) is 10.9 Å². The second kappa shape index (κ2) is 8.13. The van der Waals surface area contributed by atoms with Crippen LogP contribution in [0.25, 0.3) is 5.69 Å². The number of para-hydroxylation sites is 2. The van der Waals surface area contributed by atoms with Gasteiger partial charge in [0, 0.05) is 36.4 Å². The molecule has 1 amide bonds. The summed E-state index contributed by atoms with van der Waals surface area (Å²) >= 11 is 0. The van der Waals surface area contributed by atoms with Gasteiger partial charge in [0.25, 0.3) is 5.91 Å². The molecule has 0 aliphatic heterocycles. The zero-order valence-corrected chi connectivity index (χ0v) is 15.0. The molecule has 0 saturated heterocycles. The molecule has 2 aromatic heterocycles. The van der Waals surface area contributed by atoms with Crippen LogP contribution in [0.4, 0.5) is 11.6 Å². The van der Waals surface area contributed by atoms with Crippen molar-refractivity contribution in [2.45, 2.75) is 6.54 Å². The number of carbonyl (C=O) groups is 1. The molecule has 0 unspecified atom stereocenters. The van der Waals surface area contributed by atoms with Crippen LogP contribution in [0, 0.1) is 0 Å². The number of benzene rings is 2. The molecule has 7 heteroatoms. The maximum atomic E-state index is 12.3. The van der Waals surface area contributed by atoms with Crippen molar-refractivity contribution in [2.75, 3.05) is 5.32 Å². The first-order valence-corrected chi connectivity index (χ1v) is 8.79. The van der Waals surface area contributed by atoms with Crippen LogP contribution in [0.2, 0.25) is 0 Å². The number of nitrogens with zero attached hydrogens (tertiary/aromatic N) is 4. The minimum atomic E-state index is -0.237. The molecule has 2 heterocycles. The standard InChI is InChI=1S/C21H18N6O/c28-20(17-13-23-21(24-14-17)26-18-7-3-1-4-8-18)22-11-16-12-25-27(15-16)19-9-5-2-6-10-19/h1-10,12-15H,11H2,(H,22,28)(H,23,24,26). The quantitative estimate of drug-likeness (QED) is 0.544. The Hall–Kier alpha value is -4.00. The molecule has 0 spiro atoms. The number of aromatic nitrogens is 4. The van der Waals surface area contributed by atoms with E-state index >= 15 is 0 Å². The van der Waals surface area contributed by atoms with Crippen LogP contribution in [0.3, 0.4) is 0 Å². The number of carbonyl (C=O) groups excluding carboxylic acids is 1. The van der Waals surface area contributed by atoms with Crippen LogP contribution in [-0.2, 0) is 6.54 Å². The second-order valence-electron chi connectivity index (χ2n) is 6.10. The number of rotatable bonds is 6. The lowest BCUT2D eigenvalue weighted by Gasteiger charge is -2.06. The smallest absolute Gasteiger partial charge is 0.254 e. The molecule has 0 bridgehead atoms. The molecule has 0 atom stereocenters. The Labute approximate surface area is 162 Å². The first-order chi connectivity index (χ1) is 13.8. The largest absolute Gasteiger partial charge is 0.348 e. The molecule has 0 aliphatic carbocycles. The van der Waals surface area contributed by atoms with Gasteiger partial charge in [0.2, 0.25) is 5.95 Å². The third kappa shape index (κ3) is 4.21. The van der Waals surface area contributed by atoms with E-state index < -0.39 is 0 Å². The van der Waals surface area contributed by atoms with E-state index in [4.69, 9.17) is 0 Å². The van der Waals surface area contributed by atoms with E-state index in [-0.39, 0.29) is 5.91 Å². The first kappa shape index (κ1) is 17.4. The summed E-state index contributed by atoms with van der Waals surface area (Å²) in [5.41, 5.74) is 3.15. The van der Waals surface area contributed by atoms with Gasteiger partial charge in [-0.1, -0.05) is 36.4 Å². The van der Waals surface area contributed by atoms with Crippen molar-refractivity contribution < 1.29 is 4.79 Å². The molecule has 0 aliphatic rings. The minimum absolute atomic E-state index is 0.237. The van der Waals surface area contributed by atoms with Crippen molar-refractivity contribution in [1.29, 1.82) is 0 Å². The SMILES string of the molecule is O=C(NCc1cnn(-c2ccccc2)c1)c1cnc(Nc2ccccc2)nc1. The average molecular weight is 370 g/mol. The monoisotopic (exact) mass is 370 g/mol. The molecule has 2 aromatic carbocycles. The molecule has 0 fully saturated rings. The van der Waals surface area contributed by atoms with Crippen molar-refractivity contribution in [2.24, 2.45) is 0 Å². The number of amides is 1. The van der Waals surface area contributed by atoms with Crippen molar-refractivity contribution in [3.63, 3.8) is 0 Å². The minimum Gasteiger partial charge on any atom is -0.348 e. The molecule has 0 radical (unpaired) electrons. The fourth-order valence-electron chi connectivity index (χ4n) is 2.62. The van der Waals surface area contributed by atoms with Crippen molar-refractivity contribution in [3.8, 4) is 5.69 Å². The van der Waals surface area contributed by atoms with Crippen molar-refractivity contribution in [1.82, 2.24) is 25.1 Å². The second-order valence-corrected chi connectivity index (χ2v) is 6.10. The summed E-state index contributed by atoms with van der Waals surface area (Å²) in [5.74, 6) is 0.200. The third-order valence-corrected chi connectivity index (χ3v) is 4.05. The Morgan fingerprint density at radius 3 is 2.29 bits per heavy atom. The van der Waals surface area contributed by atoms with E-state index in [0.717, 1.165) is 16.9 Å². The Morgan fingerprint density at radius 1 is 0.893 bits per heavy atom. The maximum absolute atomic E-state index is 12.3. The van der Waals surface area contributed by atoms with Gasteiger partial charge < -0.3 is 10.6 Å². The first-order valence-electron chi connectivity index (χ1n) is 8.79. The van der Waals surface area contributed by atoms with E-state index in [0.29, 0.717) is 18.1 Å². The lowest BCUT2D eigenvalue weighted by Crippen LogP contribution is -2.23. The summed E-state index contributed by atoms with van der Waals surface area (Å²) in [4.78, 5) is 20.7. The molecule has 4 rings (SSSR count). The molecule has 28 heavy (non-hydrogen) atoms. The van der Waals surface area contributed by atoms with Gasteiger partial charge in [-0.15, -0.1) is 0 Å². The Balaban J connectivity index is 1.34. The molecule has 4 aromatic rings. The van der Waals surface area contributed by atoms with Gasteiger partial charge in [-0.2, -0.15) is 5.10 Å². The fraction of sp³-hybridized carbons (Fsp3) is 0.0476. The van der Waals surface area contributed by atoms with E-state index in [9.17, 15) is 4.79 Å². The highest BCUT2D eigenvalue weighted by molar-refractivity contribution is 5.93. The number of hydrogen-bond donors (Lipinski definition) is 2. The summed E-state index contributed by atoms with van der Waals surface area (Å²) < 4.78 is 1.77. The van der Waals surface area contributed by atoms with Gasteiger partial charge in [-0.05, 0) is 24.3 Å². The Bertz CT molecular complexity index is 1050. The molecule has 0 saturated carbocycles. The average Bonchev–Trinajstić information content (AvgIpc) is 3.23. The number of anilines is 2. The summed E-state index contributed by atoms with van der Waals surface area (Å²) in [6, 6.07) is 19.4. The highest BCUT2D eigenvalue weighted by Crippen LogP contribution is 2.11. The Morgan fingerprint density at radius 2 is 1.57 bits per heavy atom. The van der Waals surface area contributed by atoms with Gasteiger partial charge in [-0.3, -0.25) is 4.79 Å². The van der Waals surface area contributed by atoms with Crippen LogP contribution < -0.4 is 10.6 Å². The number of hydrogen-bond acceptors (Lipinski definition) is 5. The zero-order valence-electron chi connectivity index (χ0n) is 15.0. The maximum Gasteiger partial charge on any atom is 0.254 e. The van der Waals surface area contributed by atoms with Crippen LogP contribution in [0.15, 0.2) is 85.5 Å². The van der Waals surface area contributed by atoms with Gasteiger partial charge in [-0.25, -0.2) is 14.6 Å². The summed E-state index contributed by atoms with van der Waals surface area (Å²) in [7, 11) is 0. The predicted octanol–water partition coefficient (Wildman–Crippen LogP) is 3.34. The molecule has 7 nitrogen and oxygen atoms in total. The van der Waals surface area contributed by atoms with E-state index in [2.05, 4.69) is 25.7 Å². The van der Waals surface area contributed by atoms with Crippen LogP contribution in [-0.4, -0.2) is 25.7 Å². The molecular formula is C21H18N6O. The van der Waals surface area contributed by atoms with Gasteiger partial charge in [0.1, 0.15) is 0 Å². The third-order valence-electron chi connectivity index (χ3n) is 4.05. The normalized spacial score (nSPS) is 10.4. The van der Waals surface area contributed by atoms with E-state index in [1.165, 1.54) is 12.4 Å². The topological polar surface area (TPSA) is 84.7 Å². The fourth-order valence-corrected chi connectivity index (χ4v) is 2.62. The number of nitrogens with one attached hydrogen (secondary N) is 2. The van der Waals surface area contributed by atoms with Crippen LogP contribution in [0.1, 0.15) is 15.9 Å². The van der Waals surface area contributed by atoms with Crippen molar-refractivity contribution >= 4 is 17.5 Å². The molecule has 138 valence electrons. The zero-order chi connectivity index (χ0) is 19.2. The summed E-state index contributed by atoms with van der Waals surface area (Å²) in [6.45, 7) is 0.371. The lowest BCUT2D eigenvalue weighted by atomic mass is 10.3.